The molecule has 0 aliphatic rings. The molecular formula is C19H15ClF3NOS. The highest BCUT2D eigenvalue weighted by molar-refractivity contribution is 7.99. The number of halogens is 4. The molecule has 0 bridgehead atoms. The van der Waals surface area contributed by atoms with E-state index in [4.69, 9.17) is 11.6 Å². The summed E-state index contributed by atoms with van der Waals surface area (Å²) in [7, 11) is 0. The molecular weight excluding hydrogens is 383 g/mol. The van der Waals surface area contributed by atoms with Crippen LogP contribution in [-0.4, -0.2) is 18.2 Å². The van der Waals surface area contributed by atoms with E-state index in [1.165, 1.54) is 23.9 Å². The second kappa shape index (κ2) is 9.56. The topological polar surface area (TPSA) is 29.1 Å². The van der Waals surface area contributed by atoms with Crippen LogP contribution >= 0.6 is 23.4 Å². The van der Waals surface area contributed by atoms with Crippen molar-refractivity contribution in [1.29, 1.82) is 0 Å². The molecule has 0 unspecified atom stereocenters. The summed E-state index contributed by atoms with van der Waals surface area (Å²) in [5.41, 5.74) is 0.578. The van der Waals surface area contributed by atoms with E-state index in [1.54, 1.807) is 12.1 Å². The number of rotatable bonds is 5. The first-order valence-electron chi connectivity index (χ1n) is 7.59. The van der Waals surface area contributed by atoms with Gasteiger partial charge in [0.1, 0.15) is 0 Å². The number of hydrogen-bond acceptors (Lipinski definition) is 2. The Morgan fingerprint density at radius 3 is 2.58 bits per heavy atom. The lowest BCUT2D eigenvalue weighted by Crippen LogP contribution is -2.25. The van der Waals surface area contributed by atoms with Gasteiger partial charge in [0.05, 0.1) is 17.9 Å². The van der Waals surface area contributed by atoms with Crippen LogP contribution in [0.3, 0.4) is 0 Å². The van der Waals surface area contributed by atoms with Crippen LogP contribution in [0.5, 0.6) is 0 Å². The third-order valence-electron chi connectivity index (χ3n) is 3.21. The lowest BCUT2D eigenvalue weighted by molar-refractivity contribution is -0.137. The molecule has 2 nitrogen and oxygen atoms in total. The van der Waals surface area contributed by atoms with Gasteiger partial charge in [0, 0.05) is 16.3 Å². The summed E-state index contributed by atoms with van der Waals surface area (Å²) < 4.78 is 37.8. The average Bonchev–Trinajstić information content (AvgIpc) is 2.60. The first-order valence-corrected chi connectivity index (χ1v) is 9.13. The van der Waals surface area contributed by atoms with E-state index in [0.29, 0.717) is 10.8 Å². The van der Waals surface area contributed by atoms with E-state index in [1.807, 2.05) is 12.1 Å². The van der Waals surface area contributed by atoms with Crippen LogP contribution < -0.4 is 5.32 Å². The zero-order valence-electron chi connectivity index (χ0n) is 13.6. The Hall–Kier alpha value is -2.10. The highest BCUT2D eigenvalue weighted by Crippen LogP contribution is 2.29. The molecule has 2 rings (SSSR count). The van der Waals surface area contributed by atoms with Crippen molar-refractivity contribution in [1.82, 2.24) is 5.32 Å². The Labute approximate surface area is 159 Å². The first kappa shape index (κ1) is 20.2. The molecule has 2 aromatic rings. The predicted octanol–water partition coefficient (Wildman–Crippen LogP) is 4.76. The van der Waals surface area contributed by atoms with Gasteiger partial charge in [-0.25, -0.2) is 0 Å². The summed E-state index contributed by atoms with van der Waals surface area (Å²) >= 11 is 7.25. The zero-order valence-corrected chi connectivity index (χ0v) is 15.1. The summed E-state index contributed by atoms with van der Waals surface area (Å²) in [6.45, 7) is 0.0799. The second-order valence-electron chi connectivity index (χ2n) is 5.28. The van der Waals surface area contributed by atoms with Gasteiger partial charge in [-0.1, -0.05) is 41.6 Å². The molecule has 0 radical (unpaired) electrons. The largest absolute Gasteiger partial charge is 0.416 e. The molecule has 0 aliphatic carbocycles. The fourth-order valence-corrected chi connectivity index (χ4v) is 2.90. The van der Waals surface area contributed by atoms with Crippen molar-refractivity contribution in [3.63, 3.8) is 0 Å². The summed E-state index contributed by atoms with van der Waals surface area (Å²) in [6.07, 6.45) is -4.40. The fraction of sp³-hybridized carbons (Fsp3) is 0.211. The van der Waals surface area contributed by atoms with Crippen LogP contribution in [0.1, 0.15) is 16.7 Å². The molecule has 0 atom stereocenters. The van der Waals surface area contributed by atoms with Crippen molar-refractivity contribution >= 4 is 29.3 Å². The molecule has 1 N–H and O–H groups in total. The summed E-state index contributed by atoms with van der Waals surface area (Å²) in [5.74, 6) is 6.04. The smallest absolute Gasteiger partial charge is 0.344 e. The minimum absolute atomic E-state index is 0.0799. The number of hydrogen-bond donors (Lipinski definition) is 1. The number of thioether (sulfide) groups is 1. The van der Waals surface area contributed by atoms with Crippen molar-refractivity contribution in [3.05, 3.63) is 70.2 Å². The average molecular weight is 398 g/mol. The van der Waals surface area contributed by atoms with Gasteiger partial charge in [0.15, 0.2) is 0 Å². The predicted molar refractivity (Wildman–Crippen MR) is 98.9 cm³/mol. The molecule has 0 heterocycles. The molecule has 0 saturated heterocycles. The number of alkyl halides is 3. The maximum Gasteiger partial charge on any atom is 0.416 e. The third kappa shape index (κ3) is 7.03. The van der Waals surface area contributed by atoms with Crippen LogP contribution in [0, 0.1) is 11.8 Å². The summed E-state index contributed by atoms with van der Waals surface area (Å²) in [6, 6.07) is 12.1. The van der Waals surface area contributed by atoms with E-state index in [2.05, 4.69) is 17.2 Å². The number of carbonyl (C=O) groups is 1. The monoisotopic (exact) mass is 397 g/mol. The van der Waals surface area contributed by atoms with Crippen molar-refractivity contribution in [2.24, 2.45) is 0 Å². The van der Waals surface area contributed by atoms with Crippen LogP contribution in [0.15, 0.2) is 48.5 Å². The van der Waals surface area contributed by atoms with Crippen LogP contribution in [-0.2, 0) is 16.7 Å². The molecule has 1 amide bonds. The van der Waals surface area contributed by atoms with Crippen molar-refractivity contribution in [2.45, 2.75) is 11.9 Å². The third-order valence-corrected chi connectivity index (χ3v) is 4.47. The van der Waals surface area contributed by atoms with E-state index >= 15 is 0 Å². The number of nitrogens with one attached hydrogen (secondary N) is 1. The van der Waals surface area contributed by atoms with Crippen LogP contribution in [0.2, 0.25) is 5.02 Å². The molecule has 0 fully saturated rings. The zero-order chi connectivity index (χ0) is 19.0. The molecule has 26 heavy (non-hydrogen) atoms. The van der Waals surface area contributed by atoms with Crippen molar-refractivity contribution in [3.8, 4) is 11.8 Å². The summed E-state index contributed by atoms with van der Waals surface area (Å²) in [5, 5.41) is 3.28. The molecule has 0 aromatic heterocycles. The van der Waals surface area contributed by atoms with E-state index in [0.717, 1.165) is 17.7 Å². The molecule has 2 aromatic carbocycles. The van der Waals surface area contributed by atoms with E-state index in [9.17, 15) is 18.0 Å². The van der Waals surface area contributed by atoms with Gasteiger partial charge in [-0.2, -0.15) is 13.2 Å². The number of benzene rings is 2. The minimum atomic E-state index is -4.40. The normalized spacial score (nSPS) is 10.8. The van der Waals surface area contributed by atoms with Gasteiger partial charge in [-0.3, -0.25) is 4.79 Å². The Balaban J connectivity index is 1.73. The number of carbonyl (C=O) groups excluding carboxylic acids is 1. The van der Waals surface area contributed by atoms with Gasteiger partial charge in [0.2, 0.25) is 5.91 Å². The molecule has 0 aliphatic heterocycles. The summed E-state index contributed by atoms with van der Waals surface area (Å²) in [4.78, 5) is 11.7. The second-order valence-corrected chi connectivity index (χ2v) is 6.70. The highest BCUT2D eigenvalue weighted by Gasteiger charge is 2.30. The number of amides is 1. The lowest BCUT2D eigenvalue weighted by atomic mass is 10.1. The van der Waals surface area contributed by atoms with Gasteiger partial charge in [-0.05, 0) is 35.9 Å². The molecule has 136 valence electrons. The van der Waals surface area contributed by atoms with E-state index in [-0.39, 0.29) is 23.8 Å². The quantitative estimate of drug-likeness (QED) is 0.737. The maximum atomic E-state index is 12.6. The van der Waals surface area contributed by atoms with Gasteiger partial charge in [-0.15, -0.1) is 11.8 Å². The van der Waals surface area contributed by atoms with Gasteiger partial charge in [0.25, 0.3) is 0 Å². The highest BCUT2D eigenvalue weighted by atomic mass is 35.5. The standard InChI is InChI=1S/C19H15ClF3NOS/c20-17-8-6-15(7-9-17)12-26-13-18(25)24-10-2-4-14-3-1-5-16(11-14)19(21,22)23/h1,3,5-9,11H,10,12-13H2,(H,24,25). The maximum absolute atomic E-state index is 12.6. The Bertz CT molecular complexity index is 810. The van der Waals surface area contributed by atoms with E-state index < -0.39 is 11.7 Å². The Morgan fingerprint density at radius 2 is 1.88 bits per heavy atom. The van der Waals surface area contributed by atoms with Crippen molar-refractivity contribution in [2.75, 3.05) is 12.3 Å². The Morgan fingerprint density at radius 1 is 1.15 bits per heavy atom. The fourth-order valence-electron chi connectivity index (χ4n) is 1.96. The SMILES string of the molecule is O=C(CSCc1ccc(Cl)cc1)NCC#Cc1cccc(C(F)(F)F)c1. The van der Waals surface area contributed by atoms with Crippen LogP contribution in [0.4, 0.5) is 13.2 Å². The Kier molecular flexibility index (Phi) is 7.43. The van der Waals surface area contributed by atoms with Crippen LogP contribution in [0.25, 0.3) is 0 Å². The molecule has 7 heteroatoms. The van der Waals surface area contributed by atoms with Gasteiger partial charge < -0.3 is 5.32 Å². The molecule has 0 spiro atoms. The first-order chi connectivity index (χ1) is 12.3. The minimum Gasteiger partial charge on any atom is -0.344 e. The van der Waals surface area contributed by atoms with Crippen molar-refractivity contribution < 1.29 is 18.0 Å². The van der Waals surface area contributed by atoms with Gasteiger partial charge >= 0.3 is 6.18 Å². The lowest BCUT2D eigenvalue weighted by Gasteiger charge is -2.05. The molecule has 0 saturated carbocycles.